The lowest BCUT2D eigenvalue weighted by Gasteiger charge is -2.11. The van der Waals surface area contributed by atoms with Gasteiger partial charge in [-0.1, -0.05) is 164 Å². The third-order valence-corrected chi connectivity index (χ3v) is 10.4. The van der Waals surface area contributed by atoms with E-state index < -0.39 is 0 Å². The summed E-state index contributed by atoms with van der Waals surface area (Å²) in [5.74, 6) is 0. The molecule has 10 rings (SSSR count). The normalized spacial score (nSPS) is 11.6. The van der Waals surface area contributed by atoms with Gasteiger partial charge >= 0.3 is 0 Å². The molecule has 232 valence electrons. The van der Waals surface area contributed by atoms with Gasteiger partial charge in [-0.2, -0.15) is 0 Å². The van der Waals surface area contributed by atoms with Gasteiger partial charge < -0.3 is 0 Å². The fourth-order valence-electron chi connectivity index (χ4n) is 7.72. The first-order chi connectivity index (χ1) is 24.7. The van der Waals surface area contributed by atoms with Crippen LogP contribution in [-0.4, -0.2) is 0 Å². The standard InChI is InChI=1S/C50H32/c1-2-6-33(7-3-1)35-10-12-36(13-11-35)38-20-24-47-43(29-38)16-17-45-31-41(22-26-48(45)47)42-23-27-50-46(32-42)19-18-44-30-40(21-25-49(44)50)39-15-14-34-8-4-5-9-37(34)28-39/h1-32H. The molecule has 0 aliphatic carbocycles. The van der Waals surface area contributed by atoms with E-state index in [1.54, 1.807) is 0 Å². The van der Waals surface area contributed by atoms with Gasteiger partial charge in [0.2, 0.25) is 0 Å². The van der Waals surface area contributed by atoms with Crippen LogP contribution in [-0.2, 0) is 0 Å². The molecule has 0 aliphatic heterocycles. The Morgan fingerprint density at radius 3 is 0.900 bits per heavy atom. The molecule has 0 bridgehead atoms. The summed E-state index contributed by atoms with van der Waals surface area (Å²) in [4.78, 5) is 0. The molecule has 0 aliphatic rings. The SMILES string of the molecule is c1ccc(-c2ccc(-c3ccc4c(ccc5cc(-c6ccc7c(ccc8cc(-c9ccc%10ccccc%10c9)ccc87)c6)ccc54)c3)cc2)cc1. The van der Waals surface area contributed by atoms with Crippen molar-refractivity contribution in [3.8, 4) is 44.5 Å². The van der Waals surface area contributed by atoms with Gasteiger partial charge in [0.05, 0.1) is 0 Å². The van der Waals surface area contributed by atoms with Gasteiger partial charge in [0.15, 0.2) is 0 Å². The molecule has 0 radical (unpaired) electrons. The van der Waals surface area contributed by atoms with Crippen LogP contribution >= 0.6 is 0 Å². The van der Waals surface area contributed by atoms with E-state index in [0.717, 1.165) is 0 Å². The smallest absolute Gasteiger partial charge is 0.0105 e. The maximum atomic E-state index is 2.34. The average molecular weight is 633 g/mol. The van der Waals surface area contributed by atoms with E-state index in [9.17, 15) is 0 Å². The Labute approximate surface area is 291 Å². The van der Waals surface area contributed by atoms with E-state index >= 15 is 0 Å². The number of hydrogen-bond donors (Lipinski definition) is 0. The summed E-state index contributed by atoms with van der Waals surface area (Å²) in [5, 5.41) is 12.7. The monoisotopic (exact) mass is 632 g/mol. The Balaban J connectivity index is 0.956. The van der Waals surface area contributed by atoms with Gasteiger partial charge in [0.25, 0.3) is 0 Å². The van der Waals surface area contributed by atoms with Crippen LogP contribution in [0.1, 0.15) is 0 Å². The summed E-state index contributed by atoms with van der Waals surface area (Å²) in [7, 11) is 0. The van der Waals surface area contributed by atoms with Crippen molar-refractivity contribution in [1.82, 2.24) is 0 Å². The number of hydrogen-bond acceptors (Lipinski definition) is 0. The van der Waals surface area contributed by atoms with Crippen molar-refractivity contribution in [3.63, 3.8) is 0 Å². The summed E-state index contributed by atoms with van der Waals surface area (Å²) in [6, 6.07) is 71.3. The van der Waals surface area contributed by atoms with Gasteiger partial charge in [-0.15, -0.1) is 0 Å². The van der Waals surface area contributed by atoms with Crippen LogP contribution in [0.2, 0.25) is 0 Å². The van der Waals surface area contributed by atoms with Crippen LogP contribution in [0.25, 0.3) is 98.4 Å². The van der Waals surface area contributed by atoms with Crippen LogP contribution < -0.4 is 0 Å². The maximum Gasteiger partial charge on any atom is -0.0105 e. The summed E-state index contributed by atoms with van der Waals surface area (Å²) in [6.45, 7) is 0. The minimum Gasteiger partial charge on any atom is -0.0622 e. The quantitative estimate of drug-likeness (QED) is 0.169. The Bertz CT molecular complexity index is 2900. The van der Waals surface area contributed by atoms with Crippen molar-refractivity contribution in [3.05, 3.63) is 194 Å². The Hall–Kier alpha value is -6.50. The number of benzene rings is 10. The molecule has 0 amide bonds. The van der Waals surface area contributed by atoms with Gasteiger partial charge in [0.1, 0.15) is 0 Å². The van der Waals surface area contributed by atoms with Crippen molar-refractivity contribution in [2.75, 3.05) is 0 Å². The van der Waals surface area contributed by atoms with E-state index in [4.69, 9.17) is 0 Å². The van der Waals surface area contributed by atoms with E-state index in [2.05, 4.69) is 194 Å². The maximum absolute atomic E-state index is 2.34. The molecule has 0 fully saturated rings. The zero-order valence-corrected chi connectivity index (χ0v) is 27.5. The predicted octanol–water partition coefficient (Wildman–Crippen LogP) is 14.1. The third-order valence-electron chi connectivity index (χ3n) is 10.4. The molecule has 50 heavy (non-hydrogen) atoms. The molecular weight excluding hydrogens is 601 g/mol. The third kappa shape index (κ3) is 4.93. The molecule has 0 atom stereocenters. The topological polar surface area (TPSA) is 0 Å². The van der Waals surface area contributed by atoms with Crippen molar-refractivity contribution >= 4 is 53.9 Å². The predicted molar refractivity (Wildman–Crippen MR) is 216 cm³/mol. The zero-order valence-electron chi connectivity index (χ0n) is 27.5. The highest BCUT2D eigenvalue weighted by Crippen LogP contribution is 2.36. The Morgan fingerprint density at radius 2 is 0.440 bits per heavy atom. The highest BCUT2D eigenvalue weighted by Gasteiger charge is 2.09. The van der Waals surface area contributed by atoms with Crippen LogP contribution in [0, 0.1) is 0 Å². The molecule has 10 aromatic carbocycles. The molecular formula is C50H32. The second-order valence-corrected chi connectivity index (χ2v) is 13.4. The van der Waals surface area contributed by atoms with Crippen molar-refractivity contribution in [2.24, 2.45) is 0 Å². The molecule has 0 N–H and O–H groups in total. The van der Waals surface area contributed by atoms with Crippen LogP contribution in [0.5, 0.6) is 0 Å². The van der Waals surface area contributed by atoms with E-state index in [0.29, 0.717) is 0 Å². The number of fused-ring (bicyclic) bond motifs is 7. The van der Waals surface area contributed by atoms with Gasteiger partial charge in [-0.25, -0.2) is 0 Å². The second kappa shape index (κ2) is 11.6. The zero-order chi connectivity index (χ0) is 33.0. The van der Waals surface area contributed by atoms with Gasteiger partial charge in [0, 0.05) is 0 Å². The van der Waals surface area contributed by atoms with Crippen molar-refractivity contribution in [2.45, 2.75) is 0 Å². The average Bonchev–Trinajstić information content (AvgIpc) is 3.20. The molecule has 0 nitrogen and oxygen atoms in total. The highest BCUT2D eigenvalue weighted by atomic mass is 14.1. The lowest BCUT2D eigenvalue weighted by molar-refractivity contribution is 1.60. The fraction of sp³-hybridized carbons (Fsp3) is 0. The molecule has 0 saturated heterocycles. The molecule has 0 heterocycles. The largest absolute Gasteiger partial charge is 0.0622 e. The Morgan fingerprint density at radius 1 is 0.160 bits per heavy atom. The summed E-state index contributed by atoms with van der Waals surface area (Å²) >= 11 is 0. The first kappa shape index (κ1) is 28.5. The second-order valence-electron chi connectivity index (χ2n) is 13.4. The van der Waals surface area contributed by atoms with E-state index in [1.165, 1.54) is 98.4 Å². The lowest BCUT2D eigenvalue weighted by Crippen LogP contribution is -1.85. The molecule has 0 spiro atoms. The van der Waals surface area contributed by atoms with Crippen molar-refractivity contribution < 1.29 is 0 Å². The first-order valence-electron chi connectivity index (χ1n) is 17.3. The fourth-order valence-corrected chi connectivity index (χ4v) is 7.72. The van der Waals surface area contributed by atoms with Crippen LogP contribution in [0.15, 0.2) is 194 Å². The highest BCUT2D eigenvalue weighted by molar-refractivity contribution is 6.11. The van der Waals surface area contributed by atoms with E-state index in [1.807, 2.05) is 0 Å². The summed E-state index contributed by atoms with van der Waals surface area (Å²) in [5.41, 5.74) is 9.92. The molecule has 0 saturated carbocycles. The van der Waals surface area contributed by atoms with E-state index in [-0.39, 0.29) is 0 Å². The molecule has 0 heteroatoms. The lowest BCUT2D eigenvalue weighted by atomic mass is 9.93. The molecule has 0 unspecified atom stereocenters. The summed E-state index contributed by atoms with van der Waals surface area (Å²) < 4.78 is 0. The van der Waals surface area contributed by atoms with Crippen LogP contribution in [0.3, 0.4) is 0 Å². The Kier molecular flexibility index (Phi) is 6.60. The van der Waals surface area contributed by atoms with Crippen molar-refractivity contribution in [1.29, 1.82) is 0 Å². The van der Waals surface area contributed by atoms with Crippen LogP contribution in [0.4, 0.5) is 0 Å². The first-order valence-corrected chi connectivity index (χ1v) is 17.3. The minimum atomic E-state index is 1.23. The minimum absolute atomic E-state index is 1.23. The van der Waals surface area contributed by atoms with Gasteiger partial charge in [-0.3, -0.25) is 0 Å². The summed E-state index contributed by atoms with van der Waals surface area (Å²) in [6.07, 6.45) is 0. The molecule has 10 aromatic rings. The van der Waals surface area contributed by atoms with Gasteiger partial charge in [-0.05, 0) is 129 Å². The molecule has 0 aromatic heterocycles. The number of rotatable bonds is 4.